The van der Waals surface area contributed by atoms with Crippen molar-refractivity contribution in [3.05, 3.63) is 30.3 Å². The summed E-state index contributed by atoms with van der Waals surface area (Å²) in [7, 11) is 0. The molecule has 0 aliphatic heterocycles. The maximum absolute atomic E-state index is 6.00. The number of benzene rings is 1. The Morgan fingerprint density at radius 1 is 0.621 bits per heavy atom. The lowest BCUT2D eigenvalue weighted by molar-refractivity contribution is 0.195. The number of para-hydroxylation sites is 1. The van der Waals surface area contributed by atoms with Gasteiger partial charge in [-0.3, -0.25) is 9.05 Å². The van der Waals surface area contributed by atoms with Crippen LogP contribution in [0.5, 0.6) is 5.75 Å². The normalized spacial score (nSPS) is 11.7. The molecule has 0 fully saturated rings. The fourth-order valence-corrected chi connectivity index (χ4v) is 5.14. The zero-order valence-corrected chi connectivity index (χ0v) is 20.5. The molecule has 1 aromatic carbocycles. The summed E-state index contributed by atoms with van der Waals surface area (Å²) in [4.78, 5) is 0. The lowest BCUT2D eigenvalue weighted by atomic mass is 10.1. The second-order valence-corrected chi connectivity index (χ2v) is 10.7. The third-order valence-electron chi connectivity index (χ3n) is 4.96. The smallest absolute Gasteiger partial charge is 0.380 e. The monoisotopic (exact) mass is 442 g/mol. The van der Waals surface area contributed by atoms with Crippen LogP contribution in [0, 0.1) is 0 Å². The molecule has 0 saturated carbocycles. The second kappa shape index (κ2) is 18.4. The molecule has 0 amide bonds. The molecular formula is C24H43O3PS. The summed E-state index contributed by atoms with van der Waals surface area (Å²) < 4.78 is 18.0. The van der Waals surface area contributed by atoms with Crippen LogP contribution in [-0.4, -0.2) is 13.2 Å². The van der Waals surface area contributed by atoms with Crippen LogP contribution in [0.3, 0.4) is 0 Å². The van der Waals surface area contributed by atoms with Gasteiger partial charge in [-0.2, -0.15) is 0 Å². The number of rotatable bonds is 20. The summed E-state index contributed by atoms with van der Waals surface area (Å²) in [5, 5.41) is 0. The van der Waals surface area contributed by atoms with E-state index in [1.807, 2.05) is 30.3 Å². The van der Waals surface area contributed by atoms with Crippen LogP contribution < -0.4 is 4.52 Å². The highest BCUT2D eigenvalue weighted by atomic mass is 32.5. The van der Waals surface area contributed by atoms with Crippen LogP contribution in [0.15, 0.2) is 30.3 Å². The molecule has 0 saturated heterocycles. The van der Waals surface area contributed by atoms with Gasteiger partial charge in [0.25, 0.3) is 0 Å². The summed E-state index contributed by atoms with van der Waals surface area (Å²) in [5.41, 5.74) is 0. The summed E-state index contributed by atoms with van der Waals surface area (Å²) in [6.07, 6.45) is 17.5. The molecule has 1 aromatic rings. The number of unbranched alkanes of at least 4 members (excludes halogenated alkanes) is 12. The van der Waals surface area contributed by atoms with Crippen LogP contribution in [0.1, 0.15) is 104 Å². The maximum atomic E-state index is 6.00. The fraction of sp³-hybridized carbons (Fsp3) is 0.750. The predicted octanol–water partition coefficient (Wildman–Crippen LogP) is 8.82. The Morgan fingerprint density at radius 2 is 1.03 bits per heavy atom. The molecule has 0 radical (unpaired) electrons. The Balaban J connectivity index is 2.31. The largest absolute Gasteiger partial charge is 0.424 e. The Bertz CT molecular complexity index is 500. The standard InChI is InChI=1S/C24H43O3PS/c1-3-5-7-9-11-13-18-22-25-28(29,27-24-20-16-15-17-21-24)26-23-19-14-12-10-8-6-4-2/h15-17,20-21H,3-14,18-19,22-23H2,1-2H3. The van der Waals surface area contributed by atoms with Crippen LogP contribution in [-0.2, 0) is 20.9 Å². The average molecular weight is 443 g/mol. The van der Waals surface area contributed by atoms with Gasteiger partial charge in [0.05, 0.1) is 13.2 Å². The molecule has 0 unspecified atom stereocenters. The van der Waals surface area contributed by atoms with E-state index in [-0.39, 0.29) is 0 Å². The SMILES string of the molecule is CCCCCCCCCOP(=S)(OCCCCCCCCC)Oc1ccccc1. The van der Waals surface area contributed by atoms with Crippen molar-refractivity contribution in [1.29, 1.82) is 0 Å². The van der Waals surface area contributed by atoms with E-state index in [0.29, 0.717) is 13.2 Å². The lowest BCUT2D eigenvalue weighted by Gasteiger charge is -2.22. The van der Waals surface area contributed by atoms with Crippen molar-refractivity contribution in [2.75, 3.05) is 13.2 Å². The van der Waals surface area contributed by atoms with E-state index in [4.69, 9.17) is 25.4 Å². The van der Waals surface area contributed by atoms with Crippen molar-refractivity contribution < 1.29 is 13.6 Å². The molecule has 0 aliphatic carbocycles. The van der Waals surface area contributed by atoms with Gasteiger partial charge in [0.1, 0.15) is 5.75 Å². The molecule has 0 aliphatic rings. The zero-order valence-electron chi connectivity index (χ0n) is 18.8. The highest BCUT2D eigenvalue weighted by Crippen LogP contribution is 2.50. The van der Waals surface area contributed by atoms with Gasteiger partial charge in [-0.15, -0.1) is 0 Å². The van der Waals surface area contributed by atoms with Gasteiger partial charge in [0.2, 0.25) is 0 Å². The van der Waals surface area contributed by atoms with E-state index in [1.165, 1.54) is 77.0 Å². The van der Waals surface area contributed by atoms with Gasteiger partial charge in [-0.1, -0.05) is 109 Å². The molecule has 168 valence electrons. The first-order valence-electron chi connectivity index (χ1n) is 11.8. The Hall–Kier alpha value is -0.410. The van der Waals surface area contributed by atoms with Crippen LogP contribution >= 0.6 is 6.72 Å². The predicted molar refractivity (Wildman–Crippen MR) is 129 cm³/mol. The highest BCUT2D eigenvalue weighted by Gasteiger charge is 2.22. The van der Waals surface area contributed by atoms with Crippen molar-refractivity contribution in [1.82, 2.24) is 0 Å². The van der Waals surface area contributed by atoms with Gasteiger partial charge in [-0.25, -0.2) is 0 Å². The minimum absolute atomic E-state index is 0.620. The van der Waals surface area contributed by atoms with Crippen molar-refractivity contribution in [3.8, 4) is 5.75 Å². The topological polar surface area (TPSA) is 27.7 Å². The van der Waals surface area contributed by atoms with Gasteiger partial charge in [0, 0.05) is 11.8 Å². The molecule has 1 rings (SSSR count). The Kier molecular flexibility index (Phi) is 16.9. The van der Waals surface area contributed by atoms with Gasteiger partial charge >= 0.3 is 6.72 Å². The fourth-order valence-electron chi connectivity index (χ4n) is 3.17. The molecule has 0 spiro atoms. The molecule has 5 heteroatoms. The molecule has 3 nitrogen and oxygen atoms in total. The maximum Gasteiger partial charge on any atom is 0.380 e. The highest BCUT2D eigenvalue weighted by molar-refractivity contribution is 8.07. The van der Waals surface area contributed by atoms with E-state index >= 15 is 0 Å². The summed E-state index contributed by atoms with van der Waals surface area (Å²) in [6.45, 7) is 3.00. The first kappa shape index (κ1) is 26.6. The van der Waals surface area contributed by atoms with Crippen LogP contribution in [0.4, 0.5) is 0 Å². The minimum atomic E-state index is -2.74. The van der Waals surface area contributed by atoms with E-state index < -0.39 is 6.72 Å². The van der Waals surface area contributed by atoms with Gasteiger partial charge in [0.15, 0.2) is 0 Å². The average Bonchev–Trinajstić information content (AvgIpc) is 2.73. The summed E-state index contributed by atoms with van der Waals surface area (Å²) in [6, 6.07) is 9.68. The Labute approximate surface area is 185 Å². The molecule has 0 bridgehead atoms. The molecule has 0 N–H and O–H groups in total. The molecule has 0 aromatic heterocycles. The van der Waals surface area contributed by atoms with Crippen LogP contribution in [0.2, 0.25) is 0 Å². The van der Waals surface area contributed by atoms with Crippen molar-refractivity contribution in [3.63, 3.8) is 0 Å². The number of hydrogen-bond donors (Lipinski definition) is 0. The van der Waals surface area contributed by atoms with Crippen LogP contribution in [0.25, 0.3) is 0 Å². The quantitative estimate of drug-likeness (QED) is 0.149. The third-order valence-corrected chi connectivity index (χ3v) is 7.24. The van der Waals surface area contributed by atoms with Crippen molar-refractivity contribution >= 4 is 18.5 Å². The molecule has 29 heavy (non-hydrogen) atoms. The van der Waals surface area contributed by atoms with E-state index in [0.717, 1.165) is 18.6 Å². The zero-order chi connectivity index (χ0) is 21.0. The van der Waals surface area contributed by atoms with Gasteiger partial charge < -0.3 is 4.52 Å². The molecular weight excluding hydrogens is 399 g/mol. The van der Waals surface area contributed by atoms with Crippen molar-refractivity contribution in [2.45, 2.75) is 104 Å². The van der Waals surface area contributed by atoms with E-state index in [2.05, 4.69) is 13.8 Å². The molecule has 0 atom stereocenters. The lowest BCUT2D eigenvalue weighted by Crippen LogP contribution is -2.05. The summed E-state index contributed by atoms with van der Waals surface area (Å²) in [5.74, 6) is 0.731. The Morgan fingerprint density at radius 3 is 1.48 bits per heavy atom. The second-order valence-electron chi connectivity index (χ2n) is 7.76. The minimum Gasteiger partial charge on any atom is -0.424 e. The summed E-state index contributed by atoms with van der Waals surface area (Å²) >= 11 is 5.70. The first-order valence-corrected chi connectivity index (χ1v) is 14.4. The first-order chi connectivity index (χ1) is 14.2. The third kappa shape index (κ3) is 15.1. The molecule has 0 heterocycles. The van der Waals surface area contributed by atoms with E-state index in [1.54, 1.807) is 0 Å². The van der Waals surface area contributed by atoms with Gasteiger partial charge in [-0.05, 0) is 25.0 Å². The number of hydrogen-bond acceptors (Lipinski definition) is 4. The van der Waals surface area contributed by atoms with Crippen molar-refractivity contribution in [2.24, 2.45) is 0 Å². The van der Waals surface area contributed by atoms with E-state index in [9.17, 15) is 0 Å².